The summed E-state index contributed by atoms with van der Waals surface area (Å²) in [5, 5.41) is 45.6. The molecule has 0 spiro atoms. The molecule has 0 saturated carbocycles. The number of carbonyl (C=O) groups is 9. The molecule has 0 radical (unpaired) electrons. The Labute approximate surface area is 617 Å². The maximum absolute atomic E-state index is 12.4. The molecule has 10 rings (SSSR count). The van der Waals surface area contributed by atoms with E-state index < -0.39 is 11.6 Å². The second-order valence-electron chi connectivity index (χ2n) is 22.1. The molecule has 105 heavy (non-hydrogen) atoms. The van der Waals surface area contributed by atoms with Crippen molar-refractivity contribution in [2.75, 3.05) is 28.1 Å². The molecule has 0 fully saturated rings. The Morgan fingerprint density at radius 2 is 0.762 bits per heavy atom. The lowest BCUT2D eigenvalue weighted by atomic mass is 10.0. The van der Waals surface area contributed by atoms with Gasteiger partial charge in [-0.3, -0.25) is 43.2 Å². The van der Waals surface area contributed by atoms with Crippen LogP contribution in [0.2, 0.25) is 10.0 Å². The van der Waals surface area contributed by atoms with Gasteiger partial charge in [-0.25, -0.2) is 13.2 Å². The number of aliphatic hydroxyl groups is 5. The zero-order valence-corrected chi connectivity index (χ0v) is 61.4. The van der Waals surface area contributed by atoms with Crippen LogP contribution >= 0.6 is 23.2 Å². The third-order valence-electron chi connectivity index (χ3n) is 14.3. The first kappa shape index (κ1) is 90.3. The molecule has 0 atom stereocenters. The molecule has 0 unspecified atom stereocenters. The molecule has 1 heterocycles. The summed E-state index contributed by atoms with van der Waals surface area (Å²) in [6.07, 6.45) is 0. The van der Waals surface area contributed by atoms with Crippen LogP contribution < -0.4 is 23.7 Å². The molecule has 556 valence electrons. The predicted octanol–water partition coefficient (Wildman–Crippen LogP) is 15.9. The zero-order chi connectivity index (χ0) is 79.0. The van der Waals surface area contributed by atoms with E-state index in [2.05, 4.69) is 0 Å². The molecule has 5 N–H and O–H groups in total. The molecule has 24 heteroatoms. The normalized spacial score (nSPS) is 10.1. The Kier molecular flexibility index (Phi) is 40.8. The Morgan fingerprint density at radius 3 is 1.21 bits per heavy atom. The Bertz CT molecular complexity index is 4280. The van der Waals surface area contributed by atoms with Gasteiger partial charge < -0.3 is 49.2 Å². The van der Waals surface area contributed by atoms with Crippen LogP contribution in [0.3, 0.4) is 0 Å². The van der Waals surface area contributed by atoms with E-state index in [1.807, 2.05) is 30.3 Å². The molecule has 9 aromatic carbocycles. The van der Waals surface area contributed by atoms with Crippen LogP contribution in [0, 0.1) is 17.5 Å². The van der Waals surface area contributed by atoms with E-state index in [0.717, 1.165) is 23.3 Å². The summed E-state index contributed by atoms with van der Waals surface area (Å²) in [7, 11) is 4.50. The van der Waals surface area contributed by atoms with Gasteiger partial charge in [-0.2, -0.15) is 0 Å². The molecule has 1 aliphatic rings. The topological polar surface area (TPSA) is 301 Å². The van der Waals surface area contributed by atoms with Crippen molar-refractivity contribution in [2.45, 2.75) is 95.3 Å². The quantitative estimate of drug-likeness (QED) is 0.0529. The zero-order valence-electron chi connectivity index (χ0n) is 59.9. The largest absolute Gasteiger partial charge is 0.497 e. The van der Waals surface area contributed by atoms with Crippen molar-refractivity contribution in [1.29, 1.82) is 0 Å². The maximum atomic E-state index is 12.4. The highest BCUT2D eigenvalue weighted by atomic mass is 35.5. The number of benzene rings is 9. The van der Waals surface area contributed by atoms with Crippen molar-refractivity contribution < 1.29 is 106 Å². The van der Waals surface area contributed by atoms with Gasteiger partial charge in [0.2, 0.25) is 6.79 Å². The molecule has 0 aromatic heterocycles. The van der Waals surface area contributed by atoms with Crippen LogP contribution in [-0.2, 0) is 33.0 Å². The molecular formula is C81H83Cl2F3O19. The molecule has 19 nitrogen and oxygen atoms in total. The number of ether oxygens (including phenoxy) is 5. The average Bonchev–Trinajstić information content (AvgIpc) is 1.80. The summed E-state index contributed by atoms with van der Waals surface area (Å²) in [4.78, 5) is 97.7. The number of hydrogen-bond acceptors (Lipinski definition) is 19. The molecule has 0 amide bonds. The van der Waals surface area contributed by atoms with Crippen LogP contribution in [0.1, 0.15) is 183 Å². The van der Waals surface area contributed by atoms with Crippen molar-refractivity contribution >= 4 is 75.3 Å². The van der Waals surface area contributed by atoms with Gasteiger partial charge in [0.15, 0.2) is 75.2 Å². The lowest BCUT2D eigenvalue weighted by Gasteiger charge is -2.12. The fourth-order valence-electron chi connectivity index (χ4n) is 8.32. The minimum Gasteiger partial charge on any atom is -0.497 e. The van der Waals surface area contributed by atoms with E-state index in [4.69, 9.17) is 72.4 Å². The number of fused-ring (bicyclic) bond motifs is 1. The van der Waals surface area contributed by atoms with Crippen LogP contribution in [0.15, 0.2) is 182 Å². The predicted molar refractivity (Wildman–Crippen MR) is 393 cm³/mol. The Balaban J connectivity index is 0.000000402. The molecule has 0 saturated heterocycles. The SMILES string of the molecule is CC(=O)c1ccc(CO)cc1.CC(=O)c1ccc(Cl)c(Cl)c1.CC(=O)c1ccc(F)c(F)c1.CC(=O)c1ccc(F)cc1.CC(=O)c1ccc2c(c1)OCO2.CC(=O)c1ccccc1.COc1cc(C(C)=O)cc(CO)c1CO.COc1cc(C(C)=O)ccc1CO.COc1cc(CO)cc(C(C)=O)c1. The first-order chi connectivity index (χ1) is 49.7. The third kappa shape index (κ3) is 32.2. The van der Waals surface area contributed by atoms with Gasteiger partial charge in [-0.15, -0.1) is 0 Å². The minimum absolute atomic E-state index is 0.0106. The Hall–Kier alpha value is -10.8. The number of halogens is 5. The molecule has 0 bridgehead atoms. The standard InChI is InChI=1S/C11H14O4.2C10H12O3.C9H8O3.C9H10O2.C8H6Cl2O.C8H6F2O.C8H7FO.C8H8O/c1-7(14)8-3-9(5-12)10(6-13)11(4-8)15-2;1-7(12)9-3-8(6-11)4-10(5-9)13-2;1-7(12)8-3-4-9(6-11)10(5-8)13-2;1-6(10)7-2-3-8-9(4-7)12-5-11-8;1-7(11)9-4-2-8(6-10)3-5-9;2*1-5(11)6-2-3-7(9)8(10)4-6;1-6(10)7-2-4-8(9)5-3-7;1-7(9)8-5-3-2-4-6-8/h3-4,12-13H,5-6H2,1-2H3;2*3-5,11H,6H2,1-2H3;2-4H,5H2,1H3;2-5,10H,6H2,1H3;2*2-4H,1H3;2-5H,1H3;2-6H,1H3. The summed E-state index contributed by atoms with van der Waals surface area (Å²) < 4.78 is 62.2. The number of hydrogen-bond donors (Lipinski definition) is 5. The molecule has 9 aromatic rings. The summed E-state index contributed by atoms with van der Waals surface area (Å²) in [6.45, 7) is 12.9. The van der Waals surface area contributed by atoms with E-state index in [1.54, 1.807) is 116 Å². The third-order valence-corrected chi connectivity index (χ3v) is 15.1. The van der Waals surface area contributed by atoms with Crippen molar-refractivity contribution in [3.63, 3.8) is 0 Å². The van der Waals surface area contributed by atoms with E-state index in [1.165, 1.54) is 107 Å². The number of aliphatic hydroxyl groups excluding tert-OH is 5. The maximum Gasteiger partial charge on any atom is 0.231 e. The minimum atomic E-state index is -0.988. The number of carbonyl (C=O) groups excluding carboxylic acids is 9. The van der Waals surface area contributed by atoms with E-state index >= 15 is 0 Å². The summed E-state index contributed by atoms with van der Waals surface area (Å²) in [5.74, 6) is 0.427. The molecule has 0 aliphatic carbocycles. The molecular weight excluding hydrogens is 1400 g/mol. The molecule has 1 aliphatic heterocycles. The number of rotatable bonds is 17. The monoisotopic (exact) mass is 1490 g/mol. The fourth-order valence-corrected chi connectivity index (χ4v) is 8.62. The fraction of sp³-hybridized carbons (Fsp3) is 0.222. The highest BCUT2D eigenvalue weighted by molar-refractivity contribution is 6.42. The van der Waals surface area contributed by atoms with Gasteiger partial charge in [0.05, 0.1) is 64.4 Å². The first-order valence-electron chi connectivity index (χ1n) is 31.6. The van der Waals surface area contributed by atoms with Gasteiger partial charge in [0.1, 0.15) is 23.1 Å². The highest BCUT2D eigenvalue weighted by Crippen LogP contribution is 2.33. The average molecular weight is 1490 g/mol. The van der Waals surface area contributed by atoms with Crippen LogP contribution in [0.25, 0.3) is 0 Å². The highest BCUT2D eigenvalue weighted by Gasteiger charge is 2.16. The van der Waals surface area contributed by atoms with E-state index in [9.17, 15) is 56.3 Å². The second kappa shape index (κ2) is 47.4. The summed E-state index contributed by atoms with van der Waals surface area (Å²) in [5.41, 5.74) is 8.27. The van der Waals surface area contributed by atoms with Gasteiger partial charge in [-0.1, -0.05) is 89.9 Å². The second-order valence-corrected chi connectivity index (χ2v) is 22.9. The van der Waals surface area contributed by atoms with E-state index in [0.29, 0.717) is 100.0 Å². The van der Waals surface area contributed by atoms with Crippen LogP contribution in [0.5, 0.6) is 28.7 Å². The van der Waals surface area contributed by atoms with Crippen molar-refractivity contribution in [1.82, 2.24) is 0 Å². The number of methoxy groups -OCH3 is 3. The van der Waals surface area contributed by atoms with Gasteiger partial charge in [0.25, 0.3) is 0 Å². The van der Waals surface area contributed by atoms with Crippen molar-refractivity contribution in [2.24, 2.45) is 0 Å². The lowest BCUT2D eigenvalue weighted by Crippen LogP contribution is -2.03. The number of ketones is 9. The van der Waals surface area contributed by atoms with Crippen molar-refractivity contribution in [3.8, 4) is 28.7 Å². The van der Waals surface area contributed by atoms with Gasteiger partial charge in [0, 0.05) is 61.2 Å². The Morgan fingerprint density at radius 1 is 0.343 bits per heavy atom. The van der Waals surface area contributed by atoms with Crippen molar-refractivity contribution in [3.05, 3.63) is 287 Å². The first-order valence-corrected chi connectivity index (χ1v) is 32.4. The lowest BCUT2D eigenvalue weighted by molar-refractivity contribution is 0.100. The summed E-state index contributed by atoms with van der Waals surface area (Å²) in [6, 6.07) is 47.9. The van der Waals surface area contributed by atoms with Gasteiger partial charge in [-0.05, 0) is 194 Å². The summed E-state index contributed by atoms with van der Waals surface area (Å²) >= 11 is 11.3. The smallest absolute Gasteiger partial charge is 0.231 e. The van der Waals surface area contributed by atoms with Crippen LogP contribution in [-0.4, -0.2) is 106 Å². The number of Topliss-reactive ketones (excluding diaryl/α,β-unsaturated/α-hetero) is 9. The van der Waals surface area contributed by atoms with Crippen LogP contribution in [0.4, 0.5) is 13.2 Å². The van der Waals surface area contributed by atoms with E-state index in [-0.39, 0.29) is 103 Å². The van der Waals surface area contributed by atoms with Gasteiger partial charge >= 0.3 is 0 Å².